The van der Waals surface area contributed by atoms with Gasteiger partial charge in [0, 0.05) is 18.6 Å². The molecule has 0 bridgehead atoms. The van der Waals surface area contributed by atoms with Crippen molar-refractivity contribution in [1.82, 2.24) is 10.2 Å². The first-order chi connectivity index (χ1) is 12.2. The first kappa shape index (κ1) is 18.4. The number of benzene rings is 1. The van der Waals surface area contributed by atoms with Gasteiger partial charge in [-0.05, 0) is 24.8 Å². The van der Waals surface area contributed by atoms with Crippen molar-refractivity contribution in [2.45, 2.75) is 56.7 Å². The Bertz CT molecular complexity index is 531. The number of carbonyl (C=O) groups excluding carboxylic acids is 1. The molecule has 1 saturated carbocycles. The fraction of sp³-hybridized carbons (Fsp3) is 0.650. The average Bonchev–Trinajstić information content (AvgIpc) is 2.65. The van der Waals surface area contributed by atoms with E-state index in [0.29, 0.717) is 32.2 Å². The third-order valence-corrected chi connectivity index (χ3v) is 5.35. The lowest BCUT2D eigenvalue weighted by Gasteiger charge is -2.36. The van der Waals surface area contributed by atoms with E-state index in [1.807, 2.05) is 30.3 Å². The van der Waals surface area contributed by atoms with Gasteiger partial charge >= 0.3 is 0 Å². The van der Waals surface area contributed by atoms with Gasteiger partial charge in [0.2, 0.25) is 5.91 Å². The van der Waals surface area contributed by atoms with Gasteiger partial charge in [0.15, 0.2) is 0 Å². The maximum absolute atomic E-state index is 12.4. The van der Waals surface area contributed by atoms with Crippen molar-refractivity contribution < 1.29 is 14.6 Å². The van der Waals surface area contributed by atoms with Crippen LogP contribution in [0.2, 0.25) is 0 Å². The van der Waals surface area contributed by atoms with Crippen LogP contribution in [-0.4, -0.2) is 54.3 Å². The van der Waals surface area contributed by atoms with Gasteiger partial charge in [-0.15, -0.1) is 0 Å². The van der Waals surface area contributed by atoms with Crippen LogP contribution in [-0.2, 0) is 9.53 Å². The second-order valence-electron chi connectivity index (χ2n) is 7.26. The quantitative estimate of drug-likeness (QED) is 0.829. The lowest BCUT2D eigenvalue weighted by Crippen LogP contribution is -2.51. The minimum Gasteiger partial charge on any atom is -0.388 e. The summed E-state index contributed by atoms with van der Waals surface area (Å²) in [6.07, 6.45) is 5.98. The number of rotatable bonds is 6. The zero-order valence-corrected chi connectivity index (χ0v) is 14.9. The predicted molar refractivity (Wildman–Crippen MR) is 97.2 cm³/mol. The molecule has 2 fully saturated rings. The molecule has 1 aromatic rings. The summed E-state index contributed by atoms with van der Waals surface area (Å²) >= 11 is 0. The van der Waals surface area contributed by atoms with Gasteiger partial charge in [0.1, 0.15) is 0 Å². The molecular formula is C20H30N2O3. The summed E-state index contributed by atoms with van der Waals surface area (Å²) in [5.74, 6) is 0.105. The standard InChI is InChI=1S/C20H30N2O3/c23-19(16-7-3-1-4-8-16)13-18-15-25-12-11-22(18)14-20(24)21-17-9-5-2-6-10-17/h1,3-4,7-8,17-19,23H,2,5-6,9-15H2,(H,21,24). The Labute approximate surface area is 150 Å². The highest BCUT2D eigenvalue weighted by Crippen LogP contribution is 2.22. The monoisotopic (exact) mass is 346 g/mol. The van der Waals surface area contributed by atoms with Gasteiger partial charge in [-0.3, -0.25) is 9.69 Å². The lowest BCUT2D eigenvalue weighted by atomic mass is 9.95. The third-order valence-electron chi connectivity index (χ3n) is 5.35. The molecule has 138 valence electrons. The van der Waals surface area contributed by atoms with Crippen molar-refractivity contribution in [3.05, 3.63) is 35.9 Å². The van der Waals surface area contributed by atoms with E-state index in [1.165, 1.54) is 19.3 Å². The fourth-order valence-electron chi connectivity index (χ4n) is 3.89. The van der Waals surface area contributed by atoms with Gasteiger partial charge in [-0.2, -0.15) is 0 Å². The van der Waals surface area contributed by atoms with Crippen LogP contribution in [0, 0.1) is 0 Å². The Hall–Kier alpha value is -1.43. The van der Waals surface area contributed by atoms with Crippen LogP contribution < -0.4 is 5.32 Å². The van der Waals surface area contributed by atoms with Gasteiger partial charge < -0.3 is 15.2 Å². The molecule has 1 aliphatic heterocycles. The maximum Gasteiger partial charge on any atom is 0.234 e. The second-order valence-corrected chi connectivity index (χ2v) is 7.26. The van der Waals surface area contributed by atoms with Crippen LogP contribution >= 0.6 is 0 Å². The van der Waals surface area contributed by atoms with Crippen LogP contribution in [0.25, 0.3) is 0 Å². The topological polar surface area (TPSA) is 61.8 Å². The van der Waals surface area contributed by atoms with Crippen LogP contribution in [0.5, 0.6) is 0 Å². The number of hydrogen-bond donors (Lipinski definition) is 2. The molecule has 1 aromatic carbocycles. The molecular weight excluding hydrogens is 316 g/mol. The molecule has 2 aliphatic rings. The van der Waals surface area contributed by atoms with E-state index in [2.05, 4.69) is 10.2 Å². The first-order valence-electron chi connectivity index (χ1n) is 9.56. The van der Waals surface area contributed by atoms with E-state index >= 15 is 0 Å². The number of nitrogens with one attached hydrogen (secondary N) is 1. The van der Waals surface area contributed by atoms with Crippen molar-refractivity contribution in [1.29, 1.82) is 0 Å². The molecule has 1 aliphatic carbocycles. The van der Waals surface area contributed by atoms with Crippen LogP contribution in [0.15, 0.2) is 30.3 Å². The number of carbonyl (C=O) groups is 1. The first-order valence-corrected chi connectivity index (χ1v) is 9.56. The largest absolute Gasteiger partial charge is 0.388 e. The van der Waals surface area contributed by atoms with E-state index in [0.717, 1.165) is 24.9 Å². The Balaban J connectivity index is 1.52. The number of nitrogens with zero attached hydrogens (tertiary/aromatic N) is 1. The van der Waals surface area contributed by atoms with Crippen molar-refractivity contribution in [3.8, 4) is 0 Å². The Morgan fingerprint density at radius 3 is 2.76 bits per heavy atom. The Kier molecular flexibility index (Phi) is 6.84. The number of morpholine rings is 1. The van der Waals surface area contributed by atoms with Crippen molar-refractivity contribution in [2.75, 3.05) is 26.3 Å². The molecule has 0 aromatic heterocycles. The van der Waals surface area contributed by atoms with Gasteiger partial charge in [0.25, 0.3) is 0 Å². The number of hydrogen-bond acceptors (Lipinski definition) is 4. The van der Waals surface area contributed by atoms with E-state index in [1.54, 1.807) is 0 Å². The van der Waals surface area contributed by atoms with Crippen molar-refractivity contribution in [3.63, 3.8) is 0 Å². The number of aliphatic hydroxyl groups is 1. The van der Waals surface area contributed by atoms with Gasteiger partial charge in [-0.25, -0.2) is 0 Å². The fourth-order valence-corrected chi connectivity index (χ4v) is 3.89. The van der Waals surface area contributed by atoms with Crippen molar-refractivity contribution in [2.24, 2.45) is 0 Å². The Morgan fingerprint density at radius 2 is 2.00 bits per heavy atom. The Morgan fingerprint density at radius 1 is 1.24 bits per heavy atom. The summed E-state index contributed by atoms with van der Waals surface area (Å²) in [5.41, 5.74) is 0.916. The minimum absolute atomic E-state index is 0.0704. The highest BCUT2D eigenvalue weighted by molar-refractivity contribution is 5.78. The zero-order valence-electron chi connectivity index (χ0n) is 14.9. The number of aliphatic hydroxyl groups excluding tert-OH is 1. The van der Waals surface area contributed by atoms with E-state index in [-0.39, 0.29) is 11.9 Å². The van der Waals surface area contributed by atoms with E-state index in [4.69, 9.17) is 4.74 Å². The molecule has 0 spiro atoms. The zero-order chi connectivity index (χ0) is 17.5. The maximum atomic E-state index is 12.4. The highest BCUT2D eigenvalue weighted by Gasteiger charge is 2.28. The summed E-state index contributed by atoms with van der Waals surface area (Å²) in [6.45, 7) is 2.35. The molecule has 5 nitrogen and oxygen atoms in total. The van der Waals surface area contributed by atoms with Crippen LogP contribution in [0.3, 0.4) is 0 Å². The summed E-state index contributed by atoms with van der Waals surface area (Å²) in [5, 5.41) is 13.7. The smallest absolute Gasteiger partial charge is 0.234 e. The molecule has 2 atom stereocenters. The van der Waals surface area contributed by atoms with Crippen LogP contribution in [0.1, 0.15) is 50.2 Å². The second kappa shape index (κ2) is 9.32. The molecule has 5 heteroatoms. The molecule has 2 N–H and O–H groups in total. The number of ether oxygens (including phenoxy) is 1. The van der Waals surface area contributed by atoms with E-state index < -0.39 is 6.10 Å². The summed E-state index contributed by atoms with van der Waals surface area (Å²) in [7, 11) is 0. The predicted octanol–water partition coefficient (Wildman–Crippen LogP) is 2.26. The van der Waals surface area contributed by atoms with Gasteiger partial charge in [0.05, 0.1) is 25.9 Å². The molecule has 1 heterocycles. The lowest BCUT2D eigenvalue weighted by molar-refractivity contribution is -0.126. The minimum atomic E-state index is -0.531. The summed E-state index contributed by atoms with van der Waals surface area (Å²) in [4.78, 5) is 14.6. The summed E-state index contributed by atoms with van der Waals surface area (Å²) < 4.78 is 5.60. The summed E-state index contributed by atoms with van der Waals surface area (Å²) in [6, 6.07) is 10.1. The SMILES string of the molecule is O=C(CN1CCOCC1CC(O)c1ccccc1)NC1CCCCC1. The number of amides is 1. The van der Waals surface area contributed by atoms with Crippen molar-refractivity contribution >= 4 is 5.91 Å². The van der Waals surface area contributed by atoms with E-state index in [9.17, 15) is 9.90 Å². The molecule has 1 amide bonds. The van der Waals surface area contributed by atoms with Crippen LogP contribution in [0.4, 0.5) is 0 Å². The molecule has 25 heavy (non-hydrogen) atoms. The third kappa shape index (κ3) is 5.53. The molecule has 3 rings (SSSR count). The molecule has 2 unspecified atom stereocenters. The molecule has 1 saturated heterocycles. The highest BCUT2D eigenvalue weighted by atomic mass is 16.5. The normalized spacial score (nSPS) is 24.0. The molecule has 0 radical (unpaired) electrons. The average molecular weight is 346 g/mol. The van der Waals surface area contributed by atoms with Gasteiger partial charge in [-0.1, -0.05) is 49.6 Å².